The quantitative estimate of drug-likeness (QED) is 0.627. The summed E-state index contributed by atoms with van der Waals surface area (Å²) in [6.07, 6.45) is 2.24. The highest BCUT2D eigenvalue weighted by Crippen LogP contribution is 2.54. The molecule has 30 heavy (non-hydrogen) atoms. The lowest BCUT2D eigenvalue weighted by atomic mass is 9.76. The molecular formula is C24H23N3O3. The van der Waals surface area contributed by atoms with E-state index in [9.17, 15) is 14.4 Å². The fourth-order valence-electron chi connectivity index (χ4n) is 5.44. The summed E-state index contributed by atoms with van der Waals surface area (Å²) in [6.45, 7) is 4.12. The predicted molar refractivity (Wildman–Crippen MR) is 112 cm³/mol. The molecule has 2 aromatic rings. The van der Waals surface area contributed by atoms with Crippen molar-refractivity contribution in [3.8, 4) is 0 Å². The van der Waals surface area contributed by atoms with Gasteiger partial charge < -0.3 is 4.90 Å². The van der Waals surface area contributed by atoms with Gasteiger partial charge in [0, 0.05) is 30.9 Å². The first-order valence-electron chi connectivity index (χ1n) is 10.2. The van der Waals surface area contributed by atoms with Gasteiger partial charge in [0.05, 0.1) is 11.8 Å². The van der Waals surface area contributed by atoms with Gasteiger partial charge in [-0.1, -0.05) is 54.6 Å². The molecule has 4 unspecified atom stereocenters. The van der Waals surface area contributed by atoms with E-state index in [0.717, 1.165) is 16.8 Å². The number of carbonyl (C=O) groups is 3. The Morgan fingerprint density at radius 1 is 1.03 bits per heavy atom. The number of nitrogens with zero attached hydrogens (tertiary/aromatic N) is 2. The van der Waals surface area contributed by atoms with Crippen molar-refractivity contribution in [1.82, 2.24) is 10.2 Å². The van der Waals surface area contributed by atoms with Crippen molar-refractivity contribution in [1.29, 1.82) is 0 Å². The smallest absolute Gasteiger partial charge is 0.253 e. The van der Waals surface area contributed by atoms with Gasteiger partial charge in [-0.05, 0) is 18.1 Å². The molecule has 3 aliphatic heterocycles. The topological polar surface area (TPSA) is 69.7 Å². The van der Waals surface area contributed by atoms with E-state index in [1.807, 2.05) is 54.6 Å². The maximum absolute atomic E-state index is 13.8. The molecule has 3 aliphatic rings. The second-order valence-corrected chi connectivity index (χ2v) is 8.21. The van der Waals surface area contributed by atoms with Crippen LogP contribution in [0.3, 0.4) is 0 Å². The molecular weight excluding hydrogens is 378 g/mol. The number of hydrogen-bond donors (Lipinski definition) is 1. The normalized spacial score (nSPS) is 29.6. The molecule has 6 heteroatoms. The van der Waals surface area contributed by atoms with Crippen molar-refractivity contribution in [2.45, 2.75) is 18.0 Å². The third kappa shape index (κ3) is 2.31. The summed E-state index contributed by atoms with van der Waals surface area (Å²) in [4.78, 5) is 43.0. The van der Waals surface area contributed by atoms with E-state index in [0.29, 0.717) is 13.0 Å². The number of rotatable bonds is 4. The SMILES string of the molecule is C=CCN1C(=O)C2(NC(Cc3ccccc3)C3C(=O)N(C)C(=O)C32)c2ccccc21. The number of hydrogen-bond acceptors (Lipinski definition) is 4. The average molecular weight is 401 g/mol. The Hall–Kier alpha value is -3.25. The molecule has 0 aromatic heterocycles. The predicted octanol–water partition coefficient (Wildman–Crippen LogP) is 1.86. The second-order valence-electron chi connectivity index (χ2n) is 8.21. The zero-order valence-corrected chi connectivity index (χ0v) is 16.7. The van der Waals surface area contributed by atoms with Crippen LogP contribution >= 0.6 is 0 Å². The minimum atomic E-state index is -1.23. The first kappa shape index (κ1) is 18.8. The molecule has 6 nitrogen and oxygen atoms in total. The summed E-state index contributed by atoms with van der Waals surface area (Å²) in [7, 11) is 1.52. The highest BCUT2D eigenvalue weighted by atomic mass is 16.2. The van der Waals surface area contributed by atoms with E-state index in [-0.39, 0.29) is 23.8 Å². The Morgan fingerprint density at radius 2 is 1.73 bits per heavy atom. The van der Waals surface area contributed by atoms with Gasteiger partial charge in [0.15, 0.2) is 0 Å². The fraction of sp³-hybridized carbons (Fsp3) is 0.292. The molecule has 1 N–H and O–H groups in total. The maximum Gasteiger partial charge on any atom is 0.253 e. The molecule has 5 rings (SSSR count). The van der Waals surface area contributed by atoms with Crippen molar-refractivity contribution >= 4 is 23.4 Å². The summed E-state index contributed by atoms with van der Waals surface area (Å²) in [6, 6.07) is 17.1. The van der Waals surface area contributed by atoms with Gasteiger partial charge in [-0.3, -0.25) is 24.6 Å². The molecule has 0 bridgehead atoms. The van der Waals surface area contributed by atoms with Gasteiger partial charge in [-0.15, -0.1) is 6.58 Å². The monoisotopic (exact) mass is 401 g/mol. The second kappa shape index (κ2) is 6.64. The summed E-state index contributed by atoms with van der Waals surface area (Å²) >= 11 is 0. The lowest BCUT2D eigenvalue weighted by molar-refractivity contribution is -0.141. The highest BCUT2D eigenvalue weighted by Gasteiger charge is 2.70. The maximum atomic E-state index is 13.8. The molecule has 2 fully saturated rings. The van der Waals surface area contributed by atoms with Crippen LogP contribution in [-0.2, 0) is 26.3 Å². The number of fused-ring (bicyclic) bond motifs is 4. The van der Waals surface area contributed by atoms with Gasteiger partial charge in [0.1, 0.15) is 5.54 Å². The number of imide groups is 1. The first-order valence-corrected chi connectivity index (χ1v) is 10.2. The number of benzene rings is 2. The zero-order chi connectivity index (χ0) is 21.0. The van der Waals surface area contributed by atoms with Crippen molar-refractivity contribution in [2.24, 2.45) is 11.8 Å². The van der Waals surface area contributed by atoms with Crippen LogP contribution < -0.4 is 10.2 Å². The van der Waals surface area contributed by atoms with Crippen molar-refractivity contribution in [3.63, 3.8) is 0 Å². The number of para-hydroxylation sites is 1. The molecule has 3 heterocycles. The Bertz CT molecular complexity index is 1070. The van der Waals surface area contributed by atoms with Gasteiger partial charge >= 0.3 is 0 Å². The standard InChI is InChI=1S/C24H23N3O3/c1-3-13-27-18-12-8-7-11-16(18)24(23(27)30)20-19(21(28)26(2)22(20)29)17(25-24)14-15-9-5-4-6-10-15/h3-12,17,19-20,25H,1,13-14H2,2H3. The highest BCUT2D eigenvalue weighted by molar-refractivity contribution is 6.16. The van der Waals surface area contributed by atoms with E-state index in [1.165, 1.54) is 11.9 Å². The van der Waals surface area contributed by atoms with Crippen LogP contribution in [0.2, 0.25) is 0 Å². The number of amides is 3. The van der Waals surface area contributed by atoms with Crippen molar-refractivity contribution in [3.05, 3.63) is 78.4 Å². The summed E-state index contributed by atoms with van der Waals surface area (Å²) in [5.74, 6) is -2.04. The van der Waals surface area contributed by atoms with Crippen LogP contribution in [0.4, 0.5) is 5.69 Å². The van der Waals surface area contributed by atoms with Crippen molar-refractivity contribution < 1.29 is 14.4 Å². The Balaban J connectivity index is 1.66. The molecule has 4 atom stereocenters. The number of anilines is 1. The Kier molecular flexibility index (Phi) is 4.15. The third-order valence-electron chi connectivity index (χ3n) is 6.70. The van der Waals surface area contributed by atoms with Crippen LogP contribution in [0.15, 0.2) is 67.3 Å². The first-order chi connectivity index (χ1) is 14.5. The largest absolute Gasteiger partial charge is 0.306 e. The van der Waals surface area contributed by atoms with E-state index in [4.69, 9.17) is 0 Å². The number of likely N-dealkylation sites (tertiary alicyclic amines) is 1. The van der Waals surface area contributed by atoms with Crippen LogP contribution in [0.25, 0.3) is 0 Å². The van der Waals surface area contributed by atoms with Crippen LogP contribution in [-0.4, -0.2) is 42.3 Å². The van der Waals surface area contributed by atoms with Gasteiger partial charge in [0.2, 0.25) is 11.8 Å². The summed E-state index contributed by atoms with van der Waals surface area (Å²) in [5.41, 5.74) is 1.35. The lowest BCUT2D eigenvalue weighted by Crippen LogP contribution is -2.55. The third-order valence-corrected chi connectivity index (χ3v) is 6.70. The summed E-state index contributed by atoms with van der Waals surface area (Å²) in [5, 5.41) is 3.50. The van der Waals surface area contributed by atoms with Gasteiger partial charge in [-0.2, -0.15) is 0 Å². The van der Waals surface area contributed by atoms with Crippen molar-refractivity contribution in [2.75, 3.05) is 18.5 Å². The molecule has 0 aliphatic carbocycles. The van der Waals surface area contributed by atoms with Crippen LogP contribution in [0, 0.1) is 11.8 Å². The minimum absolute atomic E-state index is 0.189. The zero-order valence-electron chi connectivity index (χ0n) is 16.7. The van der Waals surface area contributed by atoms with E-state index >= 15 is 0 Å². The number of carbonyl (C=O) groups excluding carboxylic acids is 3. The molecule has 152 valence electrons. The molecule has 2 saturated heterocycles. The average Bonchev–Trinajstić information content (AvgIpc) is 3.30. The van der Waals surface area contributed by atoms with E-state index in [2.05, 4.69) is 11.9 Å². The summed E-state index contributed by atoms with van der Waals surface area (Å²) < 4.78 is 0. The van der Waals surface area contributed by atoms with E-state index in [1.54, 1.807) is 11.0 Å². The molecule has 0 radical (unpaired) electrons. The fourth-order valence-corrected chi connectivity index (χ4v) is 5.44. The minimum Gasteiger partial charge on any atom is -0.306 e. The van der Waals surface area contributed by atoms with E-state index < -0.39 is 17.4 Å². The molecule has 2 aromatic carbocycles. The Morgan fingerprint density at radius 3 is 2.47 bits per heavy atom. The van der Waals surface area contributed by atoms with Crippen LogP contribution in [0.1, 0.15) is 11.1 Å². The Labute approximate surface area is 175 Å². The van der Waals surface area contributed by atoms with Crippen LogP contribution in [0.5, 0.6) is 0 Å². The van der Waals surface area contributed by atoms with Gasteiger partial charge in [0.25, 0.3) is 5.91 Å². The molecule has 1 spiro atoms. The molecule has 3 amide bonds. The van der Waals surface area contributed by atoms with Gasteiger partial charge in [-0.25, -0.2) is 0 Å². The molecule has 0 saturated carbocycles. The lowest BCUT2D eigenvalue weighted by Gasteiger charge is -2.30. The number of nitrogens with one attached hydrogen (secondary N) is 1.